The lowest BCUT2D eigenvalue weighted by atomic mass is 10.0. The number of pyridine rings is 1. The van der Waals surface area contributed by atoms with Crippen LogP contribution < -0.4 is 15.6 Å². The molecule has 2 aromatic carbocycles. The molecule has 0 radical (unpaired) electrons. The Morgan fingerprint density at radius 3 is 2.67 bits per heavy atom. The lowest BCUT2D eigenvalue weighted by Gasteiger charge is -2.16. The number of rotatable bonds is 8. The number of nitrogens with one attached hydrogen (secondary N) is 2. The summed E-state index contributed by atoms with van der Waals surface area (Å²) < 4.78 is 32.5. The van der Waals surface area contributed by atoms with Crippen LogP contribution in [0.1, 0.15) is 32.1 Å². The van der Waals surface area contributed by atoms with Crippen LogP contribution in [0.3, 0.4) is 0 Å². The molecule has 1 fully saturated rings. The number of aryl methyl sites for hydroxylation is 1. The van der Waals surface area contributed by atoms with Crippen LogP contribution >= 0.6 is 0 Å². The first kappa shape index (κ1) is 24.2. The van der Waals surface area contributed by atoms with Gasteiger partial charge in [-0.3, -0.25) is 4.79 Å². The summed E-state index contributed by atoms with van der Waals surface area (Å²) in [7, 11) is -1.77. The van der Waals surface area contributed by atoms with E-state index >= 15 is 0 Å². The molecule has 36 heavy (non-hydrogen) atoms. The van der Waals surface area contributed by atoms with Crippen molar-refractivity contribution in [3.63, 3.8) is 0 Å². The Balaban J connectivity index is 1.49. The van der Waals surface area contributed by atoms with Crippen molar-refractivity contribution < 1.29 is 13.2 Å². The molecule has 0 spiro atoms. The number of aromatic amines is 1. The number of ether oxygens (including phenoxy) is 1. The van der Waals surface area contributed by atoms with Gasteiger partial charge in [0.2, 0.25) is 0 Å². The van der Waals surface area contributed by atoms with Gasteiger partial charge in [-0.05, 0) is 48.7 Å². The number of nitrogens with zero attached hydrogens (tertiary/aromatic N) is 1. The Morgan fingerprint density at radius 1 is 1.08 bits per heavy atom. The molecule has 0 unspecified atom stereocenters. The van der Waals surface area contributed by atoms with E-state index in [-0.39, 0.29) is 10.5 Å². The summed E-state index contributed by atoms with van der Waals surface area (Å²) in [6, 6.07) is 14.4. The topological polar surface area (TPSA) is 93.2 Å². The first-order valence-electron chi connectivity index (χ1n) is 12.3. The van der Waals surface area contributed by atoms with Crippen LogP contribution in [0.15, 0.2) is 70.6 Å². The van der Waals surface area contributed by atoms with Crippen molar-refractivity contribution in [1.29, 1.82) is 0 Å². The van der Waals surface area contributed by atoms with Gasteiger partial charge in [-0.1, -0.05) is 31.7 Å². The van der Waals surface area contributed by atoms with E-state index < -0.39 is 9.84 Å². The highest BCUT2D eigenvalue weighted by atomic mass is 32.2. The zero-order chi connectivity index (χ0) is 25.3. The molecule has 0 bridgehead atoms. The molecule has 188 valence electrons. The molecule has 1 saturated carbocycles. The third kappa shape index (κ3) is 5.04. The van der Waals surface area contributed by atoms with Crippen molar-refractivity contribution in [2.24, 2.45) is 13.0 Å². The van der Waals surface area contributed by atoms with E-state index in [9.17, 15) is 13.2 Å². The fraction of sp³-hybridized carbons (Fsp3) is 0.321. The number of fused-ring (bicyclic) bond motifs is 1. The number of aromatic nitrogens is 2. The first-order valence-corrected chi connectivity index (χ1v) is 14.2. The van der Waals surface area contributed by atoms with Gasteiger partial charge in [-0.15, -0.1) is 0 Å². The molecule has 7 nitrogen and oxygen atoms in total. The van der Waals surface area contributed by atoms with E-state index in [1.54, 1.807) is 37.6 Å². The Labute approximate surface area is 211 Å². The molecule has 2 heterocycles. The summed E-state index contributed by atoms with van der Waals surface area (Å²) in [4.78, 5) is 15.8. The fourth-order valence-corrected chi connectivity index (χ4v) is 5.69. The van der Waals surface area contributed by atoms with Crippen LogP contribution in [-0.4, -0.2) is 30.8 Å². The highest BCUT2D eigenvalue weighted by molar-refractivity contribution is 7.90. The monoisotopic (exact) mass is 505 g/mol. The van der Waals surface area contributed by atoms with Gasteiger partial charge in [-0.2, -0.15) is 0 Å². The summed E-state index contributed by atoms with van der Waals surface area (Å²) in [5.74, 6) is 1.97. The van der Waals surface area contributed by atoms with Crippen LogP contribution in [0.4, 0.5) is 5.69 Å². The second-order valence-corrected chi connectivity index (χ2v) is 11.7. The summed E-state index contributed by atoms with van der Waals surface area (Å²) in [6.07, 6.45) is 11.1. The van der Waals surface area contributed by atoms with Crippen molar-refractivity contribution in [2.45, 2.75) is 37.0 Å². The van der Waals surface area contributed by atoms with Crippen molar-refractivity contribution >= 4 is 26.4 Å². The smallest absolute Gasteiger partial charge is 0.274 e. The molecular formula is C28H31N3O4S. The second kappa shape index (κ2) is 9.85. The zero-order valence-electron chi connectivity index (χ0n) is 20.6. The number of H-pyrrole nitrogens is 1. The number of hydrogen-bond acceptors (Lipinski definition) is 5. The average Bonchev–Trinajstić information content (AvgIpc) is 3.54. The Bertz CT molecular complexity index is 1560. The predicted molar refractivity (Wildman–Crippen MR) is 144 cm³/mol. The quantitative estimate of drug-likeness (QED) is 0.319. The third-order valence-corrected chi connectivity index (χ3v) is 8.09. The van der Waals surface area contributed by atoms with Crippen molar-refractivity contribution in [1.82, 2.24) is 9.55 Å². The minimum atomic E-state index is -3.45. The van der Waals surface area contributed by atoms with Crippen LogP contribution in [0.25, 0.3) is 22.0 Å². The highest BCUT2D eigenvalue weighted by Crippen LogP contribution is 2.38. The maximum Gasteiger partial charge on any atom is 0.274 e. The molecule has 1 aliphatic rings. The lowest BCUT2D eigenvalue weighted by molar-refractivity contribution is 0.484. The Morgan fingerprint density at radius 2 is 1.89 bits per heavy atom. The van der Waals surface area contributed by atoms with E-state index in [1.807, 2.05) is 30.3 Å². The maximum atomic E-state index is 12.6. The van der Waals surface area contributed by atoms with Gasteiger partial charge >= 0.3 is 0 Å². The standard InChI is InChI=1S/C28H31N3O4S/c1-31-18-25(23-13-15-30-27(23)28(31)32)24-17-22(36(2,33)34)10-11-26(24)35-21-9-5-8-20(16-21)29-14-12-19-6-3-4-7-19/h5,8-11,13,15-19,29-30H,3-4,6-7,12,14H2,1-2H3. The molecule has 5 rings (SSSR count). The van der Waals surface area contributed by atoms with E-state index in [2.05, 4.69) is 10.3 Å². The Kier molecular flexibility index (Phi) is 6.62. The molecule has 2 N–H and O–H groups in total. The molecule has 0 amide bonds. The number of hydrogen-bond donors (Lipinski definition) is 2. The van der Waals surface area contributed by atoms with Gasteiger partial charge in [0, 0.05) is 60.5 Å². The third-order valence-electron chi connectivity index (χ3n) is 6.98. The molecular weight excluding hydrogens is 474 g/mol. The molecule has 8 heteroatoms. The second-order valence-electron chi connectivity index (χ2n) is 9.65. The summed E-state index contributed by atoms with van der Waals surface area (Å²) in [5, 5.41) is 4.21. The maximum absolute atomic E-state index is 12.6. The minimum Gasteiger partial charge on any atom is -0.457 e. The van der Waals surface area contributed by atoms with Crippen LogP contribution in [-0.2, 0) is 16.9 Å². The SMILES string of the molecule is Cn1cc(-c2cc(S(C)(=O)=O)ccc2Oc2cccc(NCCC3CCCC3)c2)c2cc[nH]c2c1=O. The number of anilines is 1. The first-order chi connectivity index (χ1) is 17.3. The molecule has 0 saturated heterocycles. The van der Waals surface area contributed by atoms with E-state index in [0.717, 1.165) is 18.2 Å². The van der Waals surface area contributed by atoms with E-state index in [4.69, 9.17) is 4.74 Å². The molecule has 2 aromatic heterocycles. The van der Waals surface area contributed by atoms with Gasteiger partial charge in [0.1, 0.15) is 17.0 Å². The van der Waals surface area contributed by atoms with Gasteiger partial charge in [-0.25, -0.2) is 8.42 Å². The van der Waals surface area contributed by atoms with E-state index in [1.165, 1.54) is 42.9 Å². The predicted octanol–water partition coefficient (Wildman–Crippen LogP) is 5.72. The summed E-state index contributed by atoms with van der Waals surface area (Å²) in [6.45, 7) is 0.923. The van der Waals surface area contributed by atoms with Crippen molar-refractivity contribution in [3.8, 4) is 22.6 Å². The van der Waals surface area contributed by atoms with Gasteiger partial charge < -0.3 is 19.6 Å². The van der Waals surface area contributed by atoms with Crippen molar-refractivity contribution in [2.75, 3.05) is 18.1 Å². The largest absolute Gasteiger partial charge is 0.457 e. The number of sulfone groups is 1. The molecule has 0 atom stereocenters. The normalized spacial score (nSPS) is 14.4. The van der Waals surface area contributed by atoms with Crippen LogP contribution in [0.5, 0.6) is 11.5 Å². The van der Waals surface area contributed by atoms with E-state index in [0.29, 0.717) is 33.5 Å². The number of benzene rings is 2. The zero-order valence-corrected chi connectivity index (χ0v) is 21.4. The van der Waals surface area contributed by atoms with Gasteiger partial charge in [0.05, 0.1) is 4.90 Å². The van der Waals surface area contributed by atoms with Crippen LogP contribution in [0, 0.1) is 5.92 Å². The van der Waals surface area contributed by atoms with Gasteiger partial charge in [0.25, 0.3) is 5.56 Å². The molecule has 4 aromatic rings. The molecule has 0 aliphatic heterocycles. The molecule has 1 aliphatic carbocycles. The summed E-state index contributed by atoms with van der Waals surface area (Å²) in [5.41, 5.74) is 2.59. The minimum absolute atomic E-state index is 0.156. The fourth-order valence-electron chi connectivity index (χ4n) is 5.04. The summed E-state index contributed by atoms with van der Waals surface area (Å²) >= 11 is 0. The van der Waals surface area contributed by atoms with Crippen molar-refractivity contribution in [3.05, 3.63) is 71.3 Å². The highest BCUT2D eigenvalue weighted by Gasteiger charge is 2.18. The average molecular weight is 506 g/mol. The lowest BCUT2D eigenvalue weighted by Crippen LogP contribution is -2.16. The Hall–Kier alpha value is -3.52. The van der Waals surface area contributed by atoms with Crippen LogP contribution in [0.2, 0.25) is 0 Å². The van der Waals surface area contributed by atoms with Gasteiger partial charge in [0.15, 0.2) is 9.84 Å².